The molecule has 0 aromatic heterocycles. The van der Waals surface area contributed by atoms with Gasteiger partial charge in [0.25, 0.3) is 0 Å². The maximum Gasteiger partial charge on any atom is 0.246 e. The van der Waals surface area contributed by atoms with Crippen LogP contribution in [0.5, 0.6) is 0 Å². The highest BCUT2D eigenvalue weighted by Crippen LogP contribution is 2.43. The summed E-state index contributed by atoms with van der Waals surface area (Å²) in [6.45, 7) is -0.185. The molecule has 0 aliphatic heterocycles. The van der Waals surface area contributed by atoms with Crippen LogP contribution in [0.1, 0.15) is 30.4 Å². The normalized spacial score (nSPS) is 15.8. The van der Waals surface area contributed by atoms with Crippen LogP contribution in [-0.4, -0.2) is 26.7 Å². The topological polar surface area (TPSA) is 66.4 Å². The van der Waals surface area contributed by atoms with Crippen LogP contribution in [-0.2, 0) is 22.9 Å². The van der Waals surface area contributed by atoms with Gasteiger partial charge in [-0.15, -0.1) is 0 Å². The lowest BCUT2D eigenvalue weighted by atomic mass is 9.65. The van der Waals surface area contributed by atoms with Gasteiger partial charge in [-0.1, -0.05) is 30.7 Å². The number of rotatable bonds is 8. The van der Waals surface area contributed by atoms with Crippen molar-refractivity contribution < 1.29 is 35.5 Å². The average molecular weight is 449 g/mol. The highest BCUT2D eigenvalue weighted by atomic mass is 32.2. The minimum atomic E-state index is -4.97. The molecule has 0 atom stereocenters. The predicted molar refractivity (Wildman–Crippen MR) is 98.6 cm³/mol. The number of halogens is 5. The van der Waals surface area contributed by atoms with Gasteiger partial charge in [0, 0.05) is 13.2 Å². The van der Waals surface area contributed by atoms with E-state index >= 15 is 0 Å². The number of nitrogens with one attached hydrogen (secondary N) is 1. The van der Waals surface area contributed by atoms with E-state index in [9.17, 15) is 30.4 Å². The van der Waals surface area contributed by atoms with Crippen molar-refractivity contribution in [2.75, 3.05) is 13.2 Å². The number of hydrogen-bond acceptors (Lipinski definition) is 3. The molecular weight excluding hydrogens is 429 g/mol. The number of aliphatic hydroxyl groups excluding tert-OH is 1. The van der Waals surface area contributed by atoms with E-state index in [0.717, 1.165) is 17.5 Å². The predicted octanol–water partition coefficient (Wildman–Crippen LogP) is 3.61. The first-order valence-corrected chi connectivity index (χ1v) is 10.8. The lowest BCUT2D eigenvalue weighted by molar-refractivity contribution is 0.139. The SMILES string of the molecule is O=S(=O)(NCC1(Cc2ccc(CCO)cc2)CCC1)c1c(F)c(F)c(F)c(F)c1F. The molecule has 0 spiro atoms. The van der Waals surface area contributed by atoms with Crippen LogP contribution in [0.15, 0.2) is 29.2 Å². The Bertz CT molecular complexity index is 1010. The van der Waals surface area contributed by atoms with Gasteiger partial charge in [0.15, 0.2) is 28.2 Å². The Morgan fingerprint density at radius 1 is 0.867 bits per heavy atom. The second kappa shape index (κ2) is 8.60. The smallest absolute Gasteiger partial charge is 0.246 e. The van der Waals surface area contributed by atoms with Gasteiger partial charge in [0.05, 0.1) is 0 Å². The molecule has 1 aliphatic carbocycles. The van der Waals surface area contributed by atoms with E-state index in [1.807, 2.05) is 29.0 Å². The summed E-state index contributed by atoms with van der Waals surface area (Å²) in [5.74, 6) is -11.8. The number of aliphatic hydroxyl groups is 1. The lowest BCUT2D eigenvalue weighted by Gasteiger charge is -2.42. The van der Waals surface area contributed by atoms with Gasteiger partial charge in [-0.3, -0.25) is 0 Å². The molecule has 0 amide bonds. The minimum absolute atomic E-state index is 0.0166. The molecule has 1 saturated carbocycles. The molecule has 3 rings (SSSR count). The molecule has 0 bridgehead atoms. The largest absolute Gasteiger partial charge is 0.396 e. The molecule has 164 valence electrons. The van der Waals surface area contributed by atoms with Crippen molar-refractivity contribution in [3.05, 3.63) is 64.5 Å². The van der Waals surface area contributed by atoms with Crippen LogP contribution in [0, 0.1) is 34.5 Å². The van der Waals surface area contributed by atoms with Crippen LogP contribution in [0.25, 0.3) is 0 Å². The highest BCUT2D eigenvalue weighted by molar-refractivity contribution is 7.89. The average Bonchev–Trinajstić information content (AvgIpc) is 2.68. The van der Waals surface area contributed by atoms with Gasteiger partial charge >= 0.3 is 0 Å². The van der Waals surface area contributed by atoms with Crippen LogP contribution >= 0.6 is 0 Å². The molecule has 0 unspecified atom stereocenters. The van der Waals surface area contributed by atoms with Gasteiger partial charge < -0.3 is 5.11 Å². The Morgan fingerprint density at radius 2 is 1.37 bits per heavy atom. The van der Waals surface area contributed by atoms with E-state index in [2.05, 4.69) is 0 Å². The molecule has 2 aromatic carbocycles. The Kier molecular flexibility index (Phi) is 6.49. The molecule has 0 saturated heterocycles. The third-order valence-electron chi connectivity index (χ3n) is 5.49. The standard InChI is InChI=1S/C20H20F5NO3S/c21-14-15(22)17(24)19(18(25)16(14)23)30(28,29)26-11-20(7-1-8-20)10-13-4-2-12(3-5-13)6-9-27/h2-5,26-27H,1,6-11H2. The second-order valence-electron chi connectivity index (χ2n) is 7.54. The fourth-order valence-electron chi connectivity index (χ4n) is 3.62. The van der Waals surface area contributed by atoms with Crippen molar-refractivity contribution in [2.45, 2.75) is 37.0 Å². The summed E-state index contributed by atoms with van der Waals surface area (Å²) in [6.07, 6.45) is 3.10. The number of sulfonamides is 1. The summed E-state index contributed by atoms with van der Waals surface area (Å²) in [5.41, 5.74) is 1.33. The summed E-state index contributed by atoms with van der Waals surface area (Å²) < 4.78 is 94.6. The van der Waals surface area contributed by atoms with Crippen LogP contribution in [0.2, 0.25) is 0 Å². The molecule has 2 N–H and O–H groups in total. The molecule has 0 heterocycles. The van der Waals surface area contributed by atoms with Gasteiger partial charge in [0.2, 0.25) is 15.8 Å². The Morgan fingerprint density at radius 3 is 1.83 bits per heavy atom. The van der Waals surface area contributed by atoms with Crippen LogP contribution in [0.4, 0.5) is 22.0 Å². The molecule has 4 nitrogen and oxygen atoms in total. The summed E-state index contributed by atoms with van der Waals surface area (Å²) >= 11 is 0. The molecule has 2 aromatic rings. The van der Waals surface area contributed by atoms with Gasteiger partial charge in [-0.2, -0.15) is 0 Å². The van der Waals surface area contributed by atoms with Crippen molar-refractivity contribution in [3.8, 4) is 0 Å². The zero-order valence-corrected chi connectivity index (χ0v) is 16.6. The van der Waals surface area contributed by atoms with E-state index in [1.165, 1.54) is 0 Å². The zero-order valence-electron chi connectivity index (χ0n) is 15.8. The lowest BCUT2D eigenvalue weighted by Crippen LogP contribution is -2.44. The monoisotopic (exact) mass is 449 g/mol. The molecule has 1 aliphatic rings. The zero-order chi connectivity index (χ0) is 22.1. The summed E-state index contributed by atoms with van der Waals surface area (Å²) in [5, 5.41) is 8.97. The summed E-state index contributed by atoms with van der Waals surface area (Å²) in [4.78, 5) is -1.87. The summed E-state index contributed by atoms with van der Waals surface area (Å²) in [6, 6.07) is 7.39. The summed E-state index contributed by atoms with van der Waals surface area (Å²) in [7, 11) is -4.97. The van der Waals surface area contributed by atoms with E-state index in [-0.39, 0.29) is 13.2 Å². The van der Waals surface area contributed by atoms with Gasteiger partial charge in [-0.05, 0) is 42.2 Å². The van der Waals surface area contributed by atoms with E-state index in [1.54, 1.807) is 0 Å². The van der Waals surface area contributed by atoms with Gasteiger partial charge in [-0.25, -0.2) is 35.1 Å². The van der Waals surface area contributed by atoms with E-state index in [4.69, 9.17) is 5.11 Å². The Labute approximate surface area is 170 Å². The second-order valence-corrected chi connectivity index (χ2v) is 9.25. The molecule has 30 heavy (non-hydrogen) atoms. The molecule has 0 radical (unpaired) electrons. The van der Waals surface area contributed by atoms with Crippen molar-refractivity contribution in [1.29, 1.82) is 0 Å². The fraction of sp³-hybridized carbons (Fsp3) is 0.400. The van der Waals surface area contributed by atoms with Crippen LogP contribution in [0.3, 0.4) is 0 Å². The fourth-order valence-corrected chi connectivity index (χ4v) is 4.91. The van der Waals surface area contributed by atoms with Crippen molar-refractivity contribution in [1.82, 2.24) is 4.72 Å². The number of hydrogen-bond donors (Lipinski definition) is 2. The maximum atomic E-state index is 13.9. The Balaban J connectivity index is 1.79. The number of benzene rings is 2. The first-order valence-electron chi connectivity index (χ1n) is 9.30. The molecular formula is C20H20F5NO3S. The molecule has 1 fully saturated rings. The Hall–Kier alpha value is -2.04. The third-order valence-corrected chi connectivity index (χ3v) is 6.91. The van der Waals surface area contributed by atoms with E-state index in [0.29, 0.717) is 25.7 Å². The first-order chi connectivity index (χ1) is 14.1. The van der Waals surface area contributed by atoms with Crippen molar-refractivity contribution in [2.24, 2.45) is 5.41 Å². The van der Waals surface area contributed by atoms with Crippen molar-refractivity contribution in [3.63, 3.8) is 0 Å². The highest BCUT2D eigenvalue weighted by Gasteiger charge is 2.40. The maximum absolute atomic E-state index is 13.9. The first kappa shape index (κ1) is 22.6. The minimum Gasteiger partial charge on any atom is -0.396 e. The third kappa shape index (κ3) is 4.35. The van der Waals surface area contributed by atoms with Gasteiger partial charge in [0.1, 0.15) is 0 Å². The van der Waals surface area contributed by atoms with Crippen LogP contribution < -0.4 is 4.72 Å². The van der Waals surface area contributed by atoms with Crippen molar-refractivity contribution >= 4 is 10.0 Å². The quantitative estimate of drug-likeness (QED) is 0.368. The molecule has 10 heteroatoms. The van der Waals surface area contributed by atoms with E-state index < -0.39 is 49.4 Å².